The highest BCUT2D eigenvalue weighted by Crippen LogP contribution is 2.65. The molecule has 0 bridgehead atoms. The van der Waals surface area contributed by atoms with Gasteiger partial charge in [0.05, 0.1) is 24.9 Å². The van der Waals surface area contributed by atoms with Crippen molar-refractivity contribution in [2.45, 2.75) is 146 Å². The summed E-state index contributed by atoms with van der Waals surface area (Å²) in [5, 5.41) is 27.5. The molecule has 1 heterocycles. The number of rotatable bonds is 3. The largest absolute Gasteiger partial charge is 0.393 e. The Kier molecular flexibility index (Phi) is 6.60. The molecule has 1 aliphatic heterocycles. The van der Waals surface area contributed by atoms with Crippen molar-refractivity contribution in [2.24, 2.45) is 29.1 Å². The summed E-state index contributed by atoms with van der Waals surface area (Å²) >= 11 is 0. The van der Waals surface area contributed by atoms with Crippen LogP contribution in [0.5, 0.6) is 0 Å². The highest BCUT2D eigenvalue weighted by atomic mass is 16.7. The van der Waals surface area contributed by atoms with Crippen molar-refractivity contribution < 1.29 is 19.7 Å². The molecule has 0 radical (unpaired) electrons. The summed E-state index contributed by atoms with van der Waals surface area (Å²) in [6, 6.07) is 1.43. The Bertz CT molecular complexity index is 883. The molecule has 3 N–H and O–H groups in total. The summed E-state index contributed by atoms with van der Waals surface area (Å²) in [6.07, 6.45) is 19.5. The lowest BCUT2D eigenvalue weighted by Crippen LogP contribution is -2.55. The van der Waals surface area contributed by atoms with Crippen LogP contribution in [0.2, 0.25) is 0 Å². The first-order valence-corrected chi connectivity index (χ1v) is 16.1. The van der Waals surface area contributed by atoms with Gasteiger partial charge >= 0.3 is 0 Å². The van der Waals surface area contributed by atoms with Gasteiger partial charge in [-0.2, -0.15) is 0 Å². The lowest BCUT2D eigenvalue weighted by atomic mass is 9.49. The number of hydrogen-bond acceptors (Lipinski definition) is 5. The third-order valence-corrected chi connectivity index (χ3v) is 12.6. The van der Waals surface area contributed by atoms with E-state index < -0.39 is 11.4 Å². The molecule has 7 aliphatic rings. The molecule has 37 heavy (non-hydrogen) atoms. The van der Waals surface area contributed by atoms with Gasteiger partial charge in [0.25, 0.3) is 0 Å². The SMILES string of the molecule is CC12CC(C3CCC(NC4CCCCC4)CC3)C3=C4CCC5(C[C@]4(O)CCC3C1CCC2O)OCCO5. The Labute approximate surface area is 224 Å². The molecular weight excluding hydrogens is 462 g/mol. The van der Waals surface area contributed by atoms with Crippen LogP contribution in [0, 0.1) is 29.1 Å². The Morgan fingerprint density at radius 1 is 0.811 bits per heavy atom. The van der Waals surface area contributed by atoms with Crippen LogP contribution in [0.15, 0.2) is 11.1 Å². The Hall–Kier alpha value is -0.460. The quantitative estimate of drug-likeness (QED) is 0.427. The number of hydrogen-bond donors (Lipinski definition) is 3. The third kappa shape index (κ3) is 4.29. The molecule has 0 aromatic heterocycles. The number of aliphatic hydroxyl groups is 2. The summed E-state index contributed by atoms with van der Waals surface area (Å²) in [5.41, 5.74) is 2.31. The minimum atomic E-state index is -0.766. The average molecular weight is 514 g/mol. The van der Waals surface area contributed by atoms with Gasteiger partial charge in [-0.3, -0.25) is 0 Å². The second-order valence-corrected chi connectivity index (χ2v) is 14.5. The molecule has 1 saturated heterocycles. The molecule has 0 aromatic rings. The van der Waals surface area contributed by atoms with Gasteiger partial charge in [0.2, 0.25) is 0 Å². The molecule has 5 nitrogen and oxygen atoms in total. The second-order valence-electron chi connectivity index (χ2n) is 14.5. The lowest BCUT2D eigenvalue weighted by molar-refractivity contribution is -0.208. The first-order valence-electron chi connectivity index (χ1n) is 16.1. The van der Waals surface area contributed by atoms with Gasteiger partial charge in [-0.1, -0.05) is 31.8 Å². The molecular formula is C32H51NO4. The molecule has 208 valence electrons. The number of allylic oxidation sites excluding steroid dienone is 1. The zero-order valence-electron chi connectivity index (χ0n) is 23.2. The summed E-state index contributed by atoms with van der Waals surface area (Å²) in [6.45, 7) is 3.73. The van der Waals surface area contributed by atoms with Crippen molar-refractivity contribution in [2.75, 3.05) is 13.2 Å². The molecule has 5 unspecified atom stereocenters. The fourth-order valence-electron chi connectivity index (χ4n) is 10.8. The molecule has 6 atom stereocenters. The fraction of sp³-hybridized carbons (Fsp3) is 0.938. The van der Waals surface area contributed by atoms with Crippen LogP contribution >= 0.6 is 0 Å². The number of ether oxygens (including phenoxy) is 2. The van der Waals surface area contributed by atoms with E-state index in [4.69, 9.17) is 9.47 Å². The van der Waals surface area contributed by atoms with Crippen molar-refractivity contribution in [1.29, 1.82) is 0 Å². The molecule has 0 aromatic carbocycles. The minimum absolute atomic E-state index is 0.0413. The maximum Gasteiger partial charge on any atom is 0.171 e. The maximum atomic E-state index is 12.2. The van der Waals surface area contributed by atoms with Gasteiger partial charge < -0.3 is 25.0 Å². The van der Waals surface area contributed by atoms with Crippen molar-refractivity contribution in [3.8, 4) is 0 Å². The summed E-state index contributed by atoms with van der Waals surface area (Å²) < 4.78 is 12.2. The van der Waals surface area contributed by atoms with Gasteiger partial charge in [0.15, 0.2) is 5.79 Å². The topological polar surface area (TPSA) is 71.0 Å². The molecule has 6 aliphatic carbocycles. The van der Waals surface area contributed by atoms with E-state index in [9.17, 15) is 10.2 Å². The van der Waals surface area contributed by atoms with Gasteiger partial charge in [-0.25, -0.2) is 0 Å². The van der Waals surface area contributed by atoms with E-state index >= 15 is 0 Å². The maximum absolute atomic E-state index is 12.2. The molecule has 6 fully saturated rings. The zero-order valence-corrected chi connectivity index (χ0v) is 23.2. The molecule has 5 heteroatoms. The van der Waals surface area contributed by atoms with Crippen LogP contribution in [0.1, 0.15) is 116 Å². The van der Waals surface area contributed by atoms with E-state index in [1.54, 1.807) is 5.57 Å². The predicted octanol–water partition coefficient (Wildman–Crippen LogP) is 5.63. The van der Waals surface area contributed by atoms with E-state index in [2.05, 4.69) is 12.2 Å². The predicted molar refractivity (Wildman–Crippen MR) is 144 cm³/mol. The zero-order chi connectivity index (χ0) is 25.3. The van der Waals surface area contributed by atoms with Crippen LogP contribution in [0.3, 0.4) is 0 Å². The monoisotopic (exact) mass is 513 g/mol. The highest BCUT2D eigenvalue weighted by Gasteiger charge is 2.61. The lowest BCUT2D eigenvalue weighted by Gasteiger charge is -2.57. The van der Waals surface area contributed by atoms with Gasteiger partial charge in [-0.05, 0) is 112 Å². The number of nitrogens with one attached hydrogen (secondary N) is 1. The van der Waals surface area contributed by atoms with Crippen LogP contribution < -0.4 is 5.32 Å². The van der Waals surface area contributed by atoms with Crippen LogP contribution in [-0.2, 0) is 9.47 Å². The Morgan fingerprint density at radius 3 is 2.30 bits per heavy atom. The average Bonchev–Trinajstić information content (AvgIpc) is 3.47. The molecule has 1 spiro atoms. The minimum Gasteiger partial charge on any atom is -0.393 e. The van der Waals surface area contributed by atoms with E-state index in [-0.39, 0.29) is 11.5 Å². The van der Waals surface area contributed by atoms with E-state index in [1.807, 2.05) is 0 Å². The van der Waals surface area contributed by atoms with Crippen LogP contribution in [0.4, 0.5) is 0 Å². The van der Waals surface area contributed by atoms with E-state index in [0.717, 1.165) is 51.0 Å². The Morgan fingerprint density at radius 2 is 1.54 bits per heavy atom. The standard InChI is InChI=1S/C32H51NO4/c1-30-19-25(21-7-9-23(10-8-21)33-22-5-3-2-4-6-22)29-24(26(30)11-12-28(30)34)13-15-31(35)20-32(16-14-27(29)31)36-17-18-37-32/h21-26,28,33-35H,2-20H2,1H3/t21?,23?,24?,25?,26?,28?,30?,31-/m1/s1. The molecule has 5 saturated carbocycles. The van der Waals surface area contributed by atoms with Crippen molar-refractivity contribution in [1.82, 2.24) is 5.32 Å². The highest BCUT2D eigenvalue weighted by molar-refractivity contribution is 5.37. The first kappa shape index (κ1) is 25.5. The number of fused-ring (bicyclic) bond motifs is 4. The fourth-order valence-corrected chi connectivity index (χ4v) is 10.8. The van der Waals surface area contributed by atoms with Gasteiger partial charge in [-0.15, -0.1) is 0 Å². The summed E-state index contributed by atoms with van der Waals surface area (Å²) in [4.78, 5) is 0. The van der Waals surface area contributed by atoms with Crippen molar-refractivity contribution >= 4 is 0 Å². The summed E-state index contributed by atoms with van der Waals surface area (Å²) in [7, 11) is 0. The van der Waals surface area contributed by atoms with Crippen LogP contribution in [-0.4, -0.2) is 53.0 Å². The normalized spacial score (nSPS) is 48.1. The third-order valence-electron chi connectivity index (χ3n) is 12.6. The second kappa shape index (κ2) is 9.58. The van der Waals surface area contributed by atoms with Crippen LogP contribution in [0.25, 0.3) is 0 Å². The van der Waals surface area contributed by atoms with E-state index in [1.165, 1.54) is 63.4 Å². The molecule has 7 rings (SSSR count). The van der Waals surface area contributed by atoms with Crippen molar-refractivity contribution in [3.63, 3.8) is 0 Å². The van der Waals surface area contributed by atoms with Crippen molar-refractivity contribution in [3.05, 3.63) is 11.1 Å². The first-order chi connectivity index (χ1) is 17.9. The van der Waals surface area contributed by atoms with Gasteiger partial charge in [0.1, 0.15) is 0 Å². The number of aliphatic hydroxyl groups excluding tert-OH is 1. The van der Waals surface area contributed by atoms with E-state index in [0.29, 0.717) is 49.3 Å². The smallest absolute Gasteiger partial charge is 0.171 e. The Balaban J connectivity index is 1.16. The van der Waals surface area contributed by atoms with Gasteiger partial charge in [0, 0.05) is 24.9 Å². The summed E-state index contributed by atoms with van der Waals surface area (Å²) in [5.74, 6) is 1.78. The molecule has 0 amide bonds.